The predicted molar refractivity (Wildman–Crippen MR) is 64.3 cm³/mol. The highest BCUT2D eigenvalue weighted by molar-refractivity contribution is 5.84. The minimum absolute atomic E-state index is 0.437. The van der Waals surface area contributed by atoms with Crippen molar-refractivity contribution in [1.82, 2.24) is 0 Å². The van der Waals surface area contributed by atoms with Gasteiger partial charge in [0.1, 0.15) is 5.78 Å². The molecule has 2 aliphatic carbocycles. The minimum Gasteiger partial charge on any atom is -0.299 e. The monoisotopic (exact) mass is 214 g/mol. The van der Waals surface area contributed by atoms with Crippen LogP contribution in [-0.2, 0) is 4.79 Å². The number of Topliss-reactive ketones (excluding diaryl/α,β-unsaturated/α-hetero) is 1. The molecule has 2 saturated carbocycles. The molecule has 0 aromatic heterocycles. The van der Waals surface area contributed by atoms with Crippen molar-refractivity contribution in [2.24, 2.45) is 11.8 Å². The number of hydrogen-bond donors (Lipinski definition) is 0. The molecule has 1 aromatic carbocycles. The van der Waals surface area contributed by atoms with Gasteiger partial charge in [-0.15, -0.1) is 0 Å². The molecule has 84 valence electrons. The molecular weight excluding hydrogens is 196 g/mol. The van der Waals surface area contributed by atoms with E-state index < -0.39 is 0 Å². The van der Waals surface area contributed by atoms with Gasteiger partial charge in [0.25, 0.3) is 0 Å². The topological polar surface area (TPSA) is 17.1 Å². The van der Waals surface area contributed by atoms with Crippen LogP contribution in [0.5, 0.6) is 0 Å². The maximum absolute atomic E-state index is 12.0. The lowest BCUT2D eigenvalue weighted by atomic mass is 9.85. The normalized spacial score (nSPS) is 33.8. The highest BCUT2D eigenvalue weighted by Crippen LogP contribution is 2.47. The predicted octanol–water partition coefficient (Wildman–Crippen LogP) is 3.55. The smallest absolute Gasteiger partial charge is 0.136 e. The molecule has 0 aliphatic heterocycles. The van der Waals surface area contributed by atoms with E-state index in [0.29, 0.717) is 17.6 Å². The Labute approximate surface area is 96.9 Å². The Hall–Kier alpha value is -1.11. The second-order valence-corrected chi connectivity index (χ2v) is 5.31. The third-order valence-corrected chi connectivity index (χ3v) is 4.18. The van der Waals surface area contributed by atoms with Crippen molar-refractivity contribution in [2.75, 3.05) is 0 Å². The Morgan fingerprint density at radius 3 is 2.69 bits per heavy atom. The SMILES string of the molecule is O=C1C[C@H](c2ccccc2)CCC[C@H]2C[C@@H]12. The summed E-state index contributed by atoms with van der Waals surface area (Å²) in [6.45, 7) is 0. The van der Waals surface area contributed by atoms with Gasteiger partial charge in [0.05, 0.1) is 0 Å². The van der Waals surface area contributed by atoms with Crippen molar-refractivity contribution in [2.45, 2.75) is 38.0 Å². The summed E-state index contributed by atoms with van der Waals surface area (Å²) in [4.78, 5) is 12.0. The van der Waals surface area contributed by atoms with Crippen molar-refractivity contribution in [3.63, 3.8) is 0 Å². The van der Waals surface area contributed by atoms with Gasteiger partial charge in [-0.25, -0.2) is 0 Å². The summed E-state index contributed by atoms with van der Waals surface area (Å²) in [5, 5.41) is 0. The zero-order chi connectivity index (χ0) is 11.0. The molecule has 0 heterocycles. The first-order valence-electron chi connectivity index (χ1n) is 6.42. The summed E-state index contributed by atoms with van der Waals surface area (Å²) in [6.07, 6.45) is 5.73. The molecule has 0 N–H and O–H groups in total. The third kappa shape index (κ3) is 1.91. The summed E-state index contributed by atoms with van der Waals surface area (Å²) >= 11 is 0. The van der Waals surface area contributed by atoms with Crippen LogP contribution in [0.2, 0.25) is 0 Å². The molecule has 1 nitrogen and oxygen atoms in total. The molecule has 0 unspecified atom stereocenters. The van der Waals surface area contributed by atoms with E-state index in [2.05, 4.69) is 24.3 Å². The van der Waals surface area contributed by atoms with Crippen LogP contribution in [0, 0.1) is 11.8 Å². The van der Waals surface area contributed by atoms with Crippen LogP contribution in [0.4, 0.5) is 0 Å². The fraction of sp³-hybridized carbons (Fsp3) is 0.533. The second kappa shape index (κ2) is 4.04. The van der Waals surface area contributed by atoms with E-state index >= 15 is 0 Å². The summed E-state index contributed by atoms with van der Waals surface area (Å²) in [6, 6.07) is 10.6. The molecule has 0 amide bonds. The zero-order valence-electron chi connectivity index (χ0n) is 9.56. The number of carbonyl (C=O) groups excluding carboxylic acids is 1. The van der Waals surface area contributed by atoms with Gasteiger partial charge >= 0.3 is 0 Å². The lowest BCUT2D eigenvalue weighted by Gasteiger charge is -2.18. The Morgan fingerprint density at radius 1 is 1.06 bits per heavy atom. The summed E-state index contributed by atoms with van der Waals surface area (Å²) in [7, 11) is 0. The molecule has 16 heavy (non-hydrogen) atoms. The van der Waals surface area contributed by atoms with Crippen LogP contribution in [0.15, 0.2) is 30.3 Å². The second-order valence-electron chi connectivity index (χ2n) is 5.31. The number of hydrogen-bond acceptors (Lipinski definition) is 1. The standard InChI is InChI=1S/C15H18O/c16-15-10-12(11-5-2-1-3-6-11)7-4-8-13-9-14(13)15/h1-3,5-6,12-14H,4,7-10H2/t12-,13+,14-/m1/s1. The van der Waals surface area contributed by atoms with Gasteiger partial charge < -0.3 is 0 Å². The van der Waals surface area contributed by atoms with Gasteiger partial charge in [-0.2, -0.15) is 0 Å². The van der Waals surface area contributed by atoms with Crippen molar-refractivity contribution in [1.29, 1.82) is 0 Å². The number of carbonyl (C=O) groups is 1. The van der Waals surface area contributed by atoms with Gasteiger partial charge in [-0.05, 0) is 36.7 Å². The van der Waals surface area contributed by atoms with Gasteiger partial charge in [0.15, 0.2) is 0 Å². The Balaban J connectivity index is 1.77. The van der Waals surface area contributed by atoms with Crippen LogP contribution in [-0.4, -0.2) is 5.78 Å². The first kappa shape index (κ1) is 10.1. The molecule has 0 bridgehead atoms. The third-order valence-electron chi connectivity index (χ3n) is 4.18. The molecule has 0 saturated heterocycles. The average Bonchev–Trinajstić information content (AvgIpc) is 3.06. The number of rotatable bonds is 1. The minimum atomic E-state index is 0.437. The van der Waals surface area contributed by atoms with Gasteiger partial charge in [-0.3, -0.25) is 4.79 Å². The van der Waals surface area contributed by atoms with Crippen LogP contribution in [0.1, 0.15) is 43.6 Å². The van der Waals surface area contributed by atoms with E-state index in [4.69, 9.17) is 0 Å². The van der Waals surface area contributed by atoms with Crippen molar-refractivity contribution in [3.8, 4) is 0 Å². The molecule has 3 atom stereocenters. The fourth-order valence-corrected chi connectivity index (χ4v) is 3.09. The van der Waals surface area contributed by atoms with Crippen molar-refractivity contribution < 1.29 is 4.79 Å². The molecular formula is C15H18O. The molecule has 1 aromatic rings. The summed E-state index contributed by atoms with van der Waals surface area (Å²) in [5.74, 6) is 2.20. The zero-order valence-corrected chi connectivity index (χ0v) is 9.56. The molecule has 0 radical (unpaired) electrons. The van der Waals surface area contributed by atoms with Crippen LogP contribution >= 0.6 is 0 Å². The van der Waals surface area contributed by atoms with Crippen LogP contribution in [0.3, 0.4) is 0 Å². The molecule has 2 aliphatic rings. The van der Waals surface area contributed by atoms with E-state index in [-0.39, 0.29) is 0 Å². The maximum Gasteiger partial charge on any atom is 0.136 e. The van der Waals surface area contributed by atoms with Crippen molar-refractivity contribution >= 4 is 5.78 Å². The van der Waals surface area contributed by atoms with Gasteiger partial charge in [-0.1, -0.05) is 36.8 Å². The summed E-state index contributed by atoms with van der Waals surface area (Å²) < 4.78 is 0. The van der Waals surface area contributed by atoms with Gasteiger partial charge in [0.2, 0.25) is 0 Å². The molecule has 0 spiro atoms. The first-order chi connectivity index (χ1) is 7.84. The highest BCUT2D eigenvalue weighted by Gasteiger charge is 2.43. The van der Waals surface area contributed by atoms with Gasteiger partial charge in [0, 0.05) is 12.3 Å². The molecule has 2 fully saturated rings. The van der Waals surface area contributed by atoms with Crippen molar-refractivity contribution in [3.05, 3.63) is 35.9 Å². The number of benzene rings is 1. The lowest BCUT2D eigenvalue weighted by molar-refractivity contribution is -0.121. The maximum atomic E-state index is 12.0. The largest absolute Gasteiger partial charge is 0.299 e. The quantitative estimate of drug-likeness (QED) is 0.698. The van der Waals surface area contributed by atoms with E-state index in [1.54, 1.807) is 0 Å². The summed E-state index contributed by atoms with van der Waals surface area (Å²) in [5.41, 5.74) is 1.36. The molecule has 1 heteroatoms. The highest BCUT2D eigenvalue weighted by atomic mass is 16.1. The fourth-order valence-electron chi connectivity index (χ4n) is 3.09. The van der Waals surface area contributed by atoms with E-state index in [1.165, 1.54) is 31.2 Å². The molecule has 3 rings (SSSR count). The Bertz CT molecular complexity index is 382. The van der Waals surface area contributed by atoms with E-state index in [1.807, 2.05) is 6.07 Å². The first-order valence-corrected chi connectivity index (χ1v) is 6.42. The number of fused-ring (bicyclic) bond motifs is 1. The average molecular weight is 214 g/mol. The van der Waals surface area contributed by atoms with Crippen LogP contribution < -0.4 is 0 Å². The number of ketones is 1. The lowest BCUT2D eigenvalue weighted by Crippen LogP contribution is -2.12. The Morgan fingerprint density at radius 2 is 1.88 bits per heavy atom. The van der Waals surface area contributed by atoms with Crippen LogP contribution in [0.25, 0.3) is 0 Å². The Kier molecular flexibility index (Phi) is 2.55. The van der Waals surface area contributed by atoms with E-state index in [0.717, 1.165) is 12.3 Å². The van der Waals surface area contributed by atoms with E-state index in [9.17, 15) is 4.79 Å².